The van der Waals surface area contributed by atoms with E-state index in [9.17, 15) is 18.8 Å². The SMILES string of the molecule is CCC[C@H](NC(=O)OCC1c2ccccc2-c2ccccc21)C(=O)Nc1ccc(F)c(C(=O)O)c1. The van der Waals surface area contributed by atoms with E-state index in [0.717, 1.165) is 34.4 Å². The number of carboxylic acid groups (broad SMARTS) is 1. The summed E-state index contributed by atoms with van der Waals surface area (Å²) in [5.41, 5.74) is 3.94. The molecule has 0 bridgehead atoms. The van der Waals surface area contributed by atoms with Gasteiger partial charge in [0, 0.05) is 11.6 Å². The van der Waals surface area contributed by atoms with Gasteiger partial charge in [-0.25, -0.2) is 14.0 Å². The smallest absolute Gasteiger partial charge is 0.407 e. The number of anilines is 1. The third-order valence-corrected chi connectivity index (χ3v) is 5.99. The lowest BCUT2D eigenvalue weighted by atomic mass is 9.98. The molecule has 180 valence electrons. The fourth-order valence-corrected chi connectivity index (χ4v) is 4.34. The monoisotopic (exact) mass is 476 g/mol. The van der Waals surface area contributed by atoms with Gasteiger partial charge in [0.1, 0.15) is 18.5 Å². The summed E-state index contributed by atoms with van der Waals surface area (Å²) in [6.07, 6.45) is 0.208. The first-order valence-electron chi connectivity index (χ1n) is 11.3. The zero-order chi connectivity index (χ0) is 24.9. The molecule has 8 heteroatoms. The Morgan fingerprint density at radius 2 is 1.63 bits per heavy atom. The summed E-state index contributed by atoms with van der Waals surface area (Å²) in [4.78, 5) is 36.5. The number of aromatic carboxylic acids is 1. The predicted molar refractivity (Wildman–Crippen MR) is 129 cm³/mol. The number of fused-ring (bicyclic) bond motifs is 3. The Kier molecular flexibility index (Phi) is 7.10. The summed E-state index contributed by atoms with van der Waals surface area (Å²) in [5.74, 6) is -3.01. The van der Waals surface area contributed by atoms with Crippen LogP contribution in [0.2, 0.25) is 0 Å². The van der Waals surface area contributed by atoms with E-state index in [-0.39, 0.29) is 18.2 Å². The maximum atomic E-state index is 13.6. The molecule has 3 aromatic rings. The molecule has 0 aliphatic heterocycles. The Bertz CT molecular complexity index is 1230. The number of alkyl carbamates (subject to hydrolysis) is 1. The second-order valence-electron chi connectivity index (χ2n) is 8.30. The van der Waals surface area contributed by atoms with E-state index in [2.05, 4.69) is 10.6 Å². The summed E-state index contributed by atoms with van der Waals surface area (Å²) in [6.45, 7) is 1.97. The molecule has 0 heterocycles. The quantitative estimate of drug-likeness (QED) is 0.416. The summed E-state index contributed by atoms with van der Waals surface area (Å²) in [7, 11) is 0. The second-order valence-corrected chi connectivity index (χ2v) is 8.30. The zero-order valence-corrected chi connectivity index (χ0v) is 19.1. The van der Waals surface area contributed by atoms with Gasteiger partial charge in [0.05, 0.1) is 5.56 Å². The van der Waals surface area contributed by atoms with E-state index in [1.807, 2.05) is 55.5 Å². The Balaban J connectivity index is 1.41. The van der Waals surface area contributed by atoms with E-state index in [1.54, 1.807) is 0 Å². The highest BCUT2D eigenvalue weighted by molar-refractivity contribution is 5.98. The molecule has 2 amide bonds. The van der Waals surface area contributed by atoms with Gasteiger partial charge in [-0.3, -0.25) is 4.79 Å². The number of carboxylic acids is 1. The molecule has 1 atom stereocenters. The van der Waals surface area contributed by atoms with Gasteiger partial charge in [0.25, 0.3) is 0 Å². The van der Waals surface area contributed by atoms with Crippen molar-refractivity contribution in [1.29, 1.82) is 0 Å². The highest BCUT2D eigenvalue weighted by Gasteiger charge is 2.29. The molecule has 0 fully saturated rings. The Labute approximate surface area is 201 Å². The number of carbonyl (C=O) groups excluding carboxylic acids is 2. The van der Waals surface area contributed by atoms with Crippen molar-refractivity contribution in [3.8, 4) is 11.1 Å². The highest BCUT2D eigenvalue weighted by Crippen LogP contribution is 2.44. The molecular weight excluding hydrogens is 451 g/mol. The molecule has 35 heavy (non-hydrogen) atoms. The molecule has 0 unspecified atom stereocenters. The van der Waals surface area contributed by atoms with Crippen LogP contribution in [0.4, 0.5) is 14.9 Å². The van der Waals surface area contributed by atoms with Crippen LogP contribution in [-0.2, 0) is 9.53 Å². The molecule has 3 N–H and O–H groups in total. The minimum Gasteiger partial charge on any atom is -0.478 e. The van der Waals surface area contributed by atoms with Gasteiger partial charge in [-0.1, -0.05) is 61.9 Å². The number of ether oxygens (including phenoxy) is 1. The largest absolute Gasteiger partial charge is 0.478 e. The average Bonchev–Trinajstić information content (AvgIpc) is 3.17. The van der Waals surface area contributed by atoms with Crippen LogP contribution < -0.4 is 10.6 Å². The number of benzene rings is 3. The molecule has 3 aromatic carbocycles. The molecule has 0 spiro atoms. The van der Waals surface area contributed by atoms with Crippen molar-refractivity contribution in [2.45, 2.75) is 31.7 Å². The maximum absolute atomic E-state index is 13.6. The number of carbonyl (C=O) groups is 3. The first kappa shape index (κ1) is 23.9. The highest BCUT2D eigenvalue weighted by atomic mass is 19.1. The van der Waals surface area contributed by atoms with Gasteiger partial charge in [-0.15, -0.1) is 0 Å². The van der Waals surface area contributed by atoms with Crippen LogP contribution in [0.3, 0.4) is 0 Å². The number of halogens is 1. The molecule has 0 aromatic heterocycles. The van der Waals surface area contributed by atoms with Crippen LogP contribution in [0.15, 0.2) is 66.7 Å². The third-order valence-electron chi connectivity index (χ3n) is 5.99. The van der Waals surface area contributed by atoms with Gasteiger partial charge in [0.15, 0.2) is 0 Å². The summed E-state index contributed by atoms with van der Waals surface area (Å²) in [6, 6.07) is 18.3. The van der Waals surface area contributed by atoms with E-state index in [0.29, 0.717) is 12.8 Å². The van der Waals surface area contributed by atoms with Gasteiger partial charge in [-0.2, -0.15) is 0 Å². The molecule has 1 aliphatic rings. The molecule has 7 nitrogen and oxygen atoms in total. The van der Waals surface area contributed by atoms with Crippen LogP contribution >= 0.6 is 0 Å². The minimum absolute atomic E-state index is 0.111. The van der Waals surface area contributed by atoms with Crippen LogP contribution in [-0.4, -0.2) is 35.7 Å². The second kappa shape index (κ2) is 10.4. The molecular formula is C27H25FN2O5. The number of amides is 2. The lowest BCUT2D eigenvalue weighted by Gasteiger charge is -2.19. The fraction of sp³-hybridized carbons (Fsp3) is 0.222. The Hall–Kier alpha value is -4.20. The van der Waals surface area contributed by atoms with Crippen molar-refractivity contribution in [2.75, 3.05) is 11.9 Å². The maximum Gasteiger partial charge on any atom is 0.407 e. The molecule has 1 aliphatic carbocycles. The minimum atomic E-state index is -1.44. The fourth-order valence-electron chi connectivity index (χ4n) is 4.34. The van der Waals surface area contributed by atoms with Crippen LogP contribution in [0, 0.1) is 5.82 Å². The number of hydrogen-bond acceptors (Lipinski definition) is 4. The van der Waals surface area contributed by atoms with Crippen molar-refractivity contribution >= 4 is 23.7 Å². The topological polar surface area (TPSA) is 105 Å². The predicted octanol–water partition coefficient (Wildman–Crippen LogP) is 5.17. The number of rotatable bonds is 8. The van der Waals surface area contributed by atoms with Crippen LogP contribution in [0.5, 0.6) is 0 Å². The Morgan fingerprint density at radius 1 is 1.00 bits per heavy atom. The zero-order valence-electron chi connectivity index (χ0n) is 19.1. The molecule has 0 radical (unpaired) electrons. The van der Waals surface area contributed by atoms with E-state index in [1.165, 1.54) is 6.07 Å². The van der Waals surface area contributed by atoms with Crippen molar-refractivity contribution < 1.29 is 28.6 Å². The normalized spacial score (nSPS) is 12.9. The average molecular weight is 477 g/mol. The van der Waals surface area contributed by atoms with Gasteiger partial charge in [0.2, 0.25) is 5.91 Å². The summed E-state index contributed by atoms with van der Waals surface area (Å²) >= 11 is 0. The molecule has 0 saturated carbocycles. The van der Waals surface area contributed by atoms with Gasteiger partial charge >= 0.3 is 12.1 Å². The van der Waals surface area contributed by atoms with E-state index >= 15 is 0 Å². The molecule has 0 saturated heterocycles. The van der Waals surface area contributed by atoms with Crippen LogP contribution in [0.1, 0.15) is 47.2 Å². The van der Waals surface area contributed by atoms with Gasteiger partial charge in [-0.05, 0) is 46.9 Å². The summed E-state index contributed by atoms with van der Waals surface area (Å²) in [5, 5.41) is 14.2. The van der Waals surface area contributed by atoms with E-state index < -0.39 is 35.4 Å². The first-order chi connectivity index (χ1) is 16.9. The van der Waals surface area contributed by atoms with Crippen molar-refractivity contribution in [2.24, 2.45) is 0 Å². The first-order valence-corrected chi connectivity index (χ1v) is 11.3. The summed E-state index contributed by atoms with van der Waals surface area (Å²) < 4.78 is 19.2. The van der Waals surface area contributed by atoms with Gasteiger partial charge < -0.3 is 20.5 Å². The van der Waals surface area contributed by atoms with Crippen LogP contribution in [0.25, 0.3) is 11.1 Å². The van der Waals surface area contributed by atoms with Crippen molar-refractivity contribution in [3.05, 3.63) is 89.2 Å². The molecule has 4 rings (SSSR count). The van der Waals surface area contributed by atoms with E-state index in [4.69, 9.17) is 9.84 Å². The lowest BCUT2D eigenvalue weighted by Crippen LogP contribution is -2.44. The van der Waals surface area contributed by atoms with Crippen molar-refractivity contribution in [1.82, 2.24) is 5.32 Å². The number of hydrogen-bond donors (Lipinski definition) is 3. The number of nitrogens with one attached hydrogen (secondary N) is 2. The van der Waals surface area contributed by atoms with Crippen molar-refractivity contribution in [3.63, 3.8) is 0 Å². The standard InChI is InChI=1S/C27H25FN2O5/c1-2-7-24(25(31)29-16-12-13-23(28)21(14-16)26(32)33)30-27(34)35-15-22-19-10-5-3-8-17(19)18-9-4-6-11-20(18)22/h3-6,8-14,22,24H,2,7,15H2,1H3,(H,29,31)(H,30,34)(H,32,33)/t24-/m0/s1. The Morgan fingerprint density at radius 3 is 2.23 bits per heavy atom. The third kappa shape index (κ3) is 5.16. The lowest BCUT2D eigenvalue weighted by molar-refractivity contribution is -0.118.